The molecule has 0 bridgehead atoms. The van der Waals surface area contributed by atoms with E-state index in [0.717, 1.165) is 12.2 Å². The summed E-state index contributed by atoms with van der Waals surface area (Å²) in [7, 11) is 1.75. The number of hydrogen-bond acceptors (Lipinski definition) is 3. The minimum absolute atomic E-state index is 0.126. The standard InChI is InChI=1S/C12H15N3O2/c1-3-15-10(6-7-13-15)9-14(2)12(16)11-5-4-8-17-11/h4-8H,3,9H2,1-2H3. The van der Waals surface area contributed by atoms with Gasteiger partial charge in [0.05, 0.1) is 18.5 Å². The van der Waals surface area contributed by atoms with Gasteiger partial charge in [0.25, 0.3) is 5.91 Å². The zero-order valence-electron chi connectivity index (χ0n) is 9.96. The molecule has 5 heteroatoms. The Hall–Kier alpha value is -2.04. The summed E-state index contributed by atoms with van der Waals surface area (Å²) >= 11 is 0. The van der Waals surface area contributed by atoms with Gasteiger partial charge in [-0.25, -0.2) is 0 Å². The fourth-order valence-corrected chi connectivity index (χ4v) is 1.68. The molecule has 5 nitrogen and oxygen atoms in total. The monoisotopic (exact) mass is 233 g/mol. The lowest BCUT2D eigenvalue weighted by atomic mass is 10.3. The van der Waals surface area contributed by atoms with Crippen molar-refractivity contribution in [3.05, 3.63) is 42.1 Å². The van der Waals surface area contributed by atoms with Gasteiger partial charge in [-0.2, -0.15) is 5.10 Å². The smallest absolute Gasteiger partial charge is 0.289 e. The Balaban J connectivity index is 2.07. The van der Waals surface area contributed by atoms with Crippen molar-refractivity contribution in [2.75, 3.05) is 7.05 Å². The lowest BCUT2D eigenvalue weighted by molar-refractivity contribution is 0.0750. The van der Waals surface area contributed by atoms with E-state index in [1.165, 1.54) is 6.26 Å². The second-order valence-corrected chi connectivity index (χ2v) is 3.78. The highest BCUT2D eigenvalue weighted by molar-refractivity contribution is 5.91. The Morgan fingerprint density at radius 2 is 2.35 bits per heavy atom. The first-order valence-corrected chi connectivity index (χ1v) is 5.52. The summed E-state index contributed by atoms with van der Waals surface area (Å²) in [5.41, 5.74) is 1.01. The molecule has 0 radical (unpaired) electrons. The van der Waals surface area contributed by atoms with E-state index in [9.17, 15) is 4.79 Å². The molecule has 0 aromatic carbocycles. The summed E-state index contributed by atoms with van der Waals surface area (Å²) in [4.78, 5) is 13.5. The highest BCUT2D eigenvalue weighted by atomic mass is 16.3. The SMILES string of the molecule is CCn1nccc1CN(C)C(=O)c1ccco1. The van der Waals surface area contributed by atoms with Crippen LogP contribution in [0, 0.1) is 0 Å². The number of hydrogen-bond donors (Lipinski definition) is 0. The highest BCUT2D eigenvalue weighted by Crippen LogP contribution is 2.08. The van der Waals surface area contributed by atoms with Crippen LogP contribution < -0.4 is 0 Å². The molecule has 90 valence electrons. The Labute approximate surface area is 99.6 Å². The van der Waals surface area contributed by atoms with Gasteiger partial charge < -0.3 is 9.32 Å². The van der Waals surface area contributed by atoms with Crippen LogP contribution in [0.1, 0.15) is 23.2 Å². The van der Waals surface area contributed by atoms with Crippen LogP contribution in [-0.2, 0) is 13.1 Å². The zero-order valence-corrected chi connectivity index (χ0v) is 9.96. The van der Waals surface area contributed by atoms with E-state index in [2.05, 4.69) is 5.10 Å². The third-order valence-corrected chi connectivity index (χ3v) is 2.58. The summed E-state index contributed by atoms with van der Waals surface area (Å²) in [6.07, 6.45) is 3.24. The molecule has 0 aliphatic rings. The number of aromatic nitrogens is 2. The summed E-state index contributed by atoms with van der Waals surface area (Å²) in [6.45, 7) is 3.34. The lowest BCUT2D eigenvalue weighted by Gasteiger charge is -2.16. The summed E-state index contributed by atoms with van der Waals surface area (Å²) in [6, 6.07) is 5.28. The summed E-state index contributed by atoms with van der Waals surface area (Å²) < 4.78 is 6.95. The molecule has 2 aromatic heterocycles. The molecular weight excluding hydrogens is 218 g/mol. The average molecular weight is 233 g/mol. The van der Waals surface area contributed by atoms with Gasteiger partial charge in [-0.15, -0.1) is 0 Å². The maximum Gasteiger partial charge on any atom is 0.289 e. The molecular formula is C12H15N3O2. The van der Waals surface area contributed by atoms with Gasteiger partial charge in [0.2, 0.25) is 0 Å². The first-order chi connectivity index (χ1) is 8.22. The van der Waals surface area contributed by atoms with Gasteiger partial charge in [0, 0.05) is 19.8 Å². The summed E-state index contributed by atoms with van der Waals surface area (Å²) in [5, 5.41) is 4.17. The van der Waals surface area contributed by atoms with Crippen molar-refractivity contribution < 1.29 is 9.21 Å². The van der Waals surface area contributed by atoms with Gasteiger partial charge in [-0.1, -0.05) is 0 Å². The minimum Gasteiger partial charge on any atom is -0.459 e. The Bertz CT molecular complexity index is 488. The number of carbonyl (C=O) groups is 1. The number of rotatable bonds is 4. The fraction of sp³-hybridized carbons (Fsp3) is 0.333. The van der Waals surface area contributed by atoms with Gasteiger partial charge in [0.1, 0.15) is 0 Å². The largest absolute Gasteiger partial charge is 0.459 e. The first kappa shape index (κ1) is 11.4. The number of amides is 1. The Morgan fingerprint density at radius 1 is 1.53 bits per heavy atom. The number of furan rings is 1. The van der Waals surface area contributed by atoms with E-state index in [4.69, 9.17) is 4.42 Å². The predicted molar refractivity (Wildman–Crippen MR) is 62.4 cm³/mol. The van der Waals surface area contributed by atoms with Crippen LogP contribution in [0.2, 0.25) is 0 Å². The number of nitrogens with zero attached hydrogens (tertiary/aromatic N) is 3. The van der Waals surface area contributed by atoms with Gasteiger partial charge in [-0.3, -0.25) is 9.48 Å². The van der Waals surface area contributed by atoms with Crippen LogP contribution in [-0.4, -0.2) is 27.6 Å². The molecule has 0 N–H and O–H groups in total. The fourth-order valence-electron chi connectivity index (χ4n) is 1.68. The van der Waals surface area contributed by atoms with Crippen molar-refractivity contribution in [1.82, 2.24) is 14.7 Å². The van der Waals surface area contributed by atoms with Crippen LogP contribution in [0.15, 0.2) is 35.1 Å². The molecule has 0 unspecified atom stereocenters. The van der Waals surface area contributed by atoms with Crippen LogP contribution in [0.3, 0.4) is 0 Å². The number of carbonyl (C=O) groups excluding carboxylic acids is 1. The Morgan fingerprint density at radius 3 is 3.00 bits per heavy atom. The van der Waals surface area contributed by atoms with Crippen molar-refractivity contribution in [3.8, 4) is 0 Å². The summed E-state index contributed by atoms with van der Waals surface area (Å²) in [5.74, 6) is 0.230. The van der Waals surface area contributed by atoms with Crippen molar-refractivity contribution in [1.29, 1.82) is 0 Å². The van der Waals surface area contributed by atoms with Crippen LogP contribution >= 0.6 is 0 Å². The molecule has 17 heavy (non-hydrogen) atoms. The molecule has 0 aliphatic heterocycles. The van der Waals surface area contributed by atoms with Crippen molar-refractivity contribution in [3.63, 3.8) is 0 Å². The molecule has 2 aromatic rings. The quantitative estimate of drug-likeness (QED) is 0.808. The van der Waals surface area contributed by atoms with Crippen LogP contribution in [0.4, 0.5) is 0 Å². The first-order valence-electron chi connectivity index (χ1n) is 5.52. The minimum atomic E-state index is -0.126. The predicted octanol–water partition coefficient (Wildman–Crippen LogP) is 1.77. The zero-order chi connectivity index (χ0) is 12.3. The molecule has 2 heterocycles. The third-order valence-electron chi connectivity index (χ3n) is 2.58. The van der Waals surface area contributed by atoms with E-state index < -0.39 is 0 Å². The molecule has 0 fully saturated rings. The second kappa shape index (κ2) is 4.86. The Kier molecular flexibility index (Phi) is 3.27. The molecule has 1 amide bonds. The van der Waals surface area contributed by atoms with E-state index in [1.807, 2.05) is 17.7 Å². The molecule has 0 spiro atoms. The molecule has 0 saturated heterocycles. The molecule has 0 saturated carbocycles. The van der Waals surface area contributed by atoms with Crippen molar-refractivity contribution >= 4 is 5.91 Å². The maximum atomic E-state index is 11.9. The average Bonchev–Trinajstić information content (AvgIpc) is 2.98. The lowest BCUT2D eigenvalue weighted by Crippen LogP contribution is -2.27. The normalized spacial score (nSPS) is 10.5. The van der Waals surface area contributed by atoms with Gasteiger partial charge in [0.15, 0.2) is 5.76 Å². The van der Waals surface area contributed by atoms with Crippen LogP contribution in [0.5, 0.6) is 0 Å². The maximum absolute atomic E-state index is 11.9. The van der Waals surface area contributed by atoms with E-state index >= 15 is 0 Å². The third kappa shape index (κ3) is 2.38. The van der Waals surface area contributed by atoms with E-state index in [1.54, 1.807) is 30.3 Å². The van der Waals surface area contributed by atoms with Gasteiger partial charge in [-0.05, 0) is 25.1 Å². The second-order valence-electron chi connectivity index (χ2n) is 3.78. The molecule has 0 atom stereocenters. The number of aryl methyl sites for hydroxylation is 1. The molecule has 0 aliphatic carbocycles. The van der Waals surface area contributed by atoms with E-state index in [0.29, 0.717) is 12.3 Å². The highest BCUT2D eigenvalue weighted by Gasteiger charge is 2.15. The topological polar surface area (TPSA) is 51.3 Å². The molecule has 2 rings (SSSR count). The van der Waals surface area contributed by atoms with Crippen LogP contribution in [0.25, 0.3) is 0 Å². The van der Waals surface area contributed by atoms with Crippen molar-refractivity contribution in [2.45, 2.75) is 20.0 Å². The van der Waals surface area contributed by atoms with Gasteiger partial charge >= 0.3 is 0 Å². The van der Waals surface area contributed by atoms with Crippen molar-refractivity contribution in [2.24, 2.45) is 0 Å². The van der Waals surface area contributed by atoms with E-state index in [-0.39, 0.29) is 5.91 Å².